The lowest BCUT2D eigenvalue weighted by atomic mass is 9.43. The lowest BCUT2D eigenvalue weighted by Crippen LogP contribution is -2.57. The van der Waals surface area contributed by atoms with Crippen LogP contribution in [0.3, 0.4) is 0 Å². The highest BCUT2D eigenvalue weighted by Crippen LogP contribution is 2.74. The van der Waals surface area contributed by atoms with E-state index >= 15 is 0 Å². The Hall–Kier alpha value is -0.160. The van der Waals surface area contributed by atoms with Crippen LogP contribution in [-0.4, -0.2) is 92.1 Å². The first-order chi connectivity index (χ1) is 54.2. The van der Waals surface area contributed by atoms with E-state index in [0.717, 1.165) is 120 Å². The van der Waals surface area contributed by atoms with Gasteiger partial charge in [-0.05, 0) is 258 Å². The molecule has 14 fully saturated rings. The van der Waals surface area contributed by atoms with Crippen LogP contribution < -0.4 is 0 Å². The van der Waals surface area contributed by atoms with Crippen molar-refractivity contribution in [3.63, 3.8) is 0 Å². The number of rotatable bonds is 12. The molecule has 109 heavy (non-hydrogen) atoms. The van der Waals surface area contributed by atoms with Crippen molar-refractivity contribution < 1.29 is 0 Å². The molecule has 0 radical (unpaired) electrons. The van der Waals surface area contributed by atoms with Crippen LogP contribution in [0, 0.1) is 52.8 Å². The molecule has 13 atom stereocenters. The van der Waals surface area contributed by atoms with Crippen LogP contribution in [0.15, 0.2) is 0 Å². The molecule has 14 saturated carbocycles. The Morgan fingerprint density at radius 1 is 0.128 bits per heavy atom. The second-order valence-electron chi connectivity index (χ2n) is 43.4. The van der Waals surface area contributed by atoms with Crippen LogP contribution in [0.2, 0.25) is 0 Å². The topological polar surface area (TPSA) is 13.0 Å². The van der Waals surface area contributed by atoms with Crippen molar-refractivity contribution >= 4 is 0 Å². The van der Waals surface area contributed by atoms with Crippen LogP contribution in [0.4, 0.5) is 0 Å². The van der Waals surface area contributed by atoms with E-state index in [1.807, 2.05) is 0 Å². The zero-order valence-electron chi connectivity index (χ0n) is 73.2. The Bertz CT molecular complexity index is 2280. The van der Waals surface area contributed by atoms with Crippen LogP contribution in [0.1, 0.15) is 539 Å². The molecule has 1 spiro atoms. The summed E-state index contributed by atoms with van der Waals surface area (Å²) in [5, 5.41) is 0. The van der Waals surface area contributed by atoms with E-state index in [2.05, 4.69) is 19.6 Å². The fraction of sp³-hybridized carbons (Fsp3) is 1.00. The van der Waals surface area contributed by atoms with E-state index in [-0.39, 0.29) is 0 Å². The lowest BCUT2D eigenvalue weighted by molar-refractivity contribution is -0.139. The first kappa shape index (κ1) is 85.3. The predicted octanol–water partition coefficient (Wildman–Crippen LogP) is 31.5. The van der Waals surface area contributed by atoms with Gasteiger partial charge in [0.05, 0.1) is 0 Å². The van der Waals surface area contributed by atoms with E-state index in [9.17, 15) is 0 Å². The van der Waals surface area contributed by atoms with Crippen LogP contribution in [0.25, 0.3) is 0 Å². The summed E-state index contributed by atoms with van der Waals surface area (Å²) in [6, 6.07) is 10.3. The molecule has 0 aromatic heterocycles. The standard InChI is InChI=1S/C105H188N4/c1-2-14-30-55-87(54-29-13-1)106(88-56-37-21-9-22-38-57-88)95-70-45-46-78-102-100(77-50-73-95)101-82-80-97(108(92-68-43-27-12-28-44-69-92)91-62-31-15-3-4-16-32-63-91)75-51-79-103(101)105(102)86-53-48-72-96(107(89-58-39-23-10-24-40-59-89)90-60-41-25-11-26-42-61-90)71-47-52-85(84-86)99-76-49-74-98(81-83-104(99)105)109(93-64-33-17-5-6-18-34-65-93)94-66-35-19-7-8-20-36-67-94/h85-104H,1-84H2. The van der Waals surface area contributed by atoms with Crippen molar-refractivity contribution in [3.8, 4) is 0 Å². The summed E-state index contributed by atoms with van der Waals surface area (Å²) in [4.78, 5) is 14.1. The van der Waals surface area contributed by atoms with E-state index in [1.54, 1.807) is 154 Å². The van der Waals surface area contributed by atoms with Crippen LogP contribution in [-0.2, 0) is 0 Å². The quantitative estimate of drug-likeness (QED) is 0.193. The molecule has 0 aliphatic heterocycles. The molecule has 14 rings (SSSR count). The third kappa shape index (κ3) is 23.5. The molecule has 0 heterocycles. The van der Waals surface area contributed by atoms with Crippen molar-refractivity contribution in [1.82, 2.24) is 19.6 Å². The minimum absolute atomic E-state index is 0.553. The van der Waals surface area contributed by atoms with Gasteiger partial charge in [-0.2, -0.15) is 0 Å². The van der Waals surface area contributed by atoms with Crippen LogP contribution in [0.5, 0.6) is 0 Å². The Balaban J connectivity index is 0.860. The van der Waals surface area contributed by atoms with Gasteiger partial charge in [-0.3, -0.25) is 19.6 Å². The third-order valence-corrected chi connectivity index (χ3v) is 36.9. The van der Waals surface area contributed by atoms with Gasteiger partial charge in [-0.15, -0.1) is 0 Å². The van der Waals surface area contributed by atoms with E-state index in [1.165, 1.54) is 385 Å². The average molecular weight is 1510 g/mol. The molecular formula is C105H188N4. The Morgan fingerprint density at radius 3 is 0.615 bits per heavy atom. The molecule has 0 amide bonds. The van der Waals surface area contributed by atoms with Gasteiger partial charge in [-0.25, -0.2) is 0 Å². The molecule has 0 N–H and O–H groups in total. The summed E-state index contributed by atoms with van der Waals surface area (Å²) in [6.45, 7) is 0. The summed E-state index contributed by atoms with van der Waals surface area (Å²) < 4.78 is 0. The summed E-state index contributed by atoms with van der Waals surface area (Å²) in [5.74, 6) is 7.87. The van der Waals surface area contributed by atoms with E-state index < -0.39 is 0 Å². The second kappa shape index (κ2) is 47.0. The first-order valence-corrected chi connectivity index (χ1v) is 53.3. The summed E-state index contributed by atoms with van der Waals surface area (Å²) in [7, 11) is 0. The predicted molar refractivity (Wildman–Crippen MR) is 471 cm³/mol. The maximum absolute atomic E-state index is 3.56. The zero-order valence-corrected chi connectivity index (χ0v) is 73.2. The van der Waals surface area contributed by atoms with Gasteiger partial charge >= 0.3 is 0 Å². The van der Waals surface area contributed by atoms with Gasteiger partial charge in [0.25, 0.3) is 0 Å². The molecule has 14 aliphatic rings. The summed E-state index contributed by atoms with van der Waals surface area (Å²) in [6.07, 6.45) is 129. The van der Waals surface area contributed by atoms with Gasteiger partial charge in [0.2, 0.25) is 0 Å². The van der Waals surface area contributed by atoms with E-state index in [0.29, 0.717) is 5.41 Å². The molecule has 0 aromatic carbocycles. The van der Waals surface area contributed by atoms with Crippen molar-refractivity contribution in [1.29, 1.82) is 0 Å². The molecule has 4 heteroatoms. The van der Waals surface area contributed by atoms with Gasteiger partial charge < -0.3 is 0 Å². The molecule has 0 aromatic rings. The van der Waals surface area contributed by atoms with Crippen molar-refractivity contribution in [2.75, 3.05) is 0 Å². The number of hydrogen-bond donors (Lipinski definition) is 0. The molecule has 13 unspecified atom stereocenters. The Kier molecular flexibility index (Phi) is 36.8. The van der Waals surface area contributed by atoms with Crippen molar-refractivity contribution in [2.24, 2.45) is 52.8 Å². The normalized spacial score (nSPS) is 37.1. The van der Waals surface area contributed by atoms with Gasteiger partial charge in [0.15, 0.2) is 0 Å². The minimum Gasteiger partial charge on any atom is -0.294 e. The number of nitrogens with zero attached hydrogens (tertiary/aromatic N) is 4. The lowest BCUT2D eigenvalue weighted by Gasteiger charge is -2.62. The average Bonchev–Trinajstić information content (AvgIpc) is 1.55. The molecule has 4 nitrogen and oxygen atoms in total. The number of hydrogen-bond acceptors (Lipinski definition) is 4. The SMILES string of the molecule is C1CCCCC(N(C2CCCCCCC2)C2CCCCC3C(CCC2)C2CCC(N(C4CCCCCCCC4)C4CCCCCCC4)CCCC2C32C3CCCC(N(C4CCCCCCC4)C4CCCCCCC4)CCCC(C3)C3CCCC(N(C4CCCCCCCC4)C4CCCCCCCC4)CCC32)CCC1. The minimum atomic E-state index is 0.553. The highest BCUT2D eigenvalue weighted by atomic mass is 15.2. The largest absolute Gasteiger partial charge is 0.294 e. The summed E-state index contributed by atoms with van der Waals surface area (Å²) in [5.41, 5.74) is 0.553. The fourth-order valence-electron chi connectivity index (χ4n) is 32.3. The monoisotopic (exact) mass is 1510 g/mol. The maximum Gasteiger partial charge on any atom is 0.0101 e. The Morgan fingerprint density at radius 2 is 0.312 bits per heavy atom. The van der Waals surface area contributed by atoms with E-state index in [4.69, 9.17) is 0 Å². The van der Waals surface area contributed by atoms with Gasteiger partial charge in [-0.1, -0.05) is 334 Å². The van der Waals surface area contributed by atoms with Gasteiger partial charge in [0, 0.05) is 72.5 Å². The van der Waals surface area contributed by atoms with Crippen LogP contribution >= 0.6 is 0 Å². The molecule has 2 bridgehead atoms. The molecule has 14 aliphatic carbocycles. The molecule has 628 valence electrons. The zero-order chi connectivity index (χ0) is 73.8. The van der Waals surface area contributed by atoms with Gasteiger partial charge in [0.1, 0.15) is 0 Å². The molecular weight excluding hydrogens is 1320 g/mol. The highest BCUT2D eigenvalue weighted by Gasteiger charge is 2.68. The van der Waals surface area contributed by atoms with Crippen molar-refractivity contribution in [2.45, 2.75) is 612 Å². The fourth-order valence-corrected chi connectivity index (χ4v) is 32.3. The smallest absolute Gasteiger partial charge is 0.0101 e. The van der Waals surface area contributed by atoms with Crippen molar-refractivity contribution in [3.05, 3.63) is 0 Å². The Labute approximate surface area is 680 Å². The second-order valence-corrected chi connectivity index (χ2v) is 43.4. The summed E-state index contributed by atoms with van der Waals surface area (Å²) >= 11 is 0. The maximum atomic E-state index is 3.56. The third-order valence-electron chi connectivity index (χ3n) is 36.9. The number of fused-ring (bicyclic) bond motifs is 11. The molecule has 0 saturated heterocycles. The highest BCUT2D eigenvalue weighted by molar-refractivity contribution is 5.16. The first-order valence-electron chi connectivity index (χ1n) is 53.3.